The third kappa shape index (κ3) is 5.27. The standard InChI is InChI=1S/C17H14Cl2O4/c1-11-8-14(6-7-15(11)19)22-10-17(21)23-9-16(20)12-2-4-13(18)5-3-12/h2-8H,9-10H2,1H3. The van der Waals surface area contributed by atoms with Gasteiger partial charge in [0.05, 0.1) is 0 Å². The Labute approximate surface area is 143 Å². The summed E-state index contributed by atoms with van der Waals surface area (Å²) in [6.45, 7) is 1.21. The average Bonchev–Trinajstić information content (AvgIpc) is 2.54. The Bertz CT molecular complexity index is 711. The summed E-state index contributed by atoms with van der Waals surface area (Å²) in [5.41, 5.74) is 1.27. The van der Waals surface area contributed by atoms with E-state index in [1.807, 2.05) is 6.92 Å². The molecule has 0 aliphatic rings. The van der Waals surface area contributed by atoms with E-state index >= 15 is 0 Å². The Morgan fingerprint density at radius 3 is 2.35 bits per heavy atom. The van der Waals surface area contributed by atoms with Crippen LogP contribution in [0.5, 0.6) is 5.75 Å². The lowest BCUT2D eigenvalue weighted by Gasteiger charge is -2.08. The van der Waals surface area contributed by atoms with Crippen LogP contribution in [0.4, 0.5) is 0 Å². The van der Waals surface area contributed by atoms with E-state index in [9.17, 15) is 9.59 Å². The molecular formula is C17H14Cl2O4. The lowest BCUT2D eigenvalue weighted by Crippen LogP contribution is -2.19. The molecule has 0 atom stereocenters. The zero-order valence-corrected chi connectivity index (χ0v) is 13.9. The fourth-order valence-corrected chi connectivity index (χ4v) is 2.00. The molecule has 0 spiro atoms. The minimum atomic E-state index is -0.625. The summed E-state index contributed by atoms with van der Waals surface area (Å²) in [5, 5.41) is 1.15. The van der Waals surface area contributed by atoms with Crippen molar-refractivity contribution in [2.24, 2.45) is 0 Å². The second kappa shape index (κ2) is 7.99. The van der Waals surface area contributed by atoms with Crippen molar-refractivity contribution in [1.29, 1.82) is 0 Å². The number of hydrogen-bond donors (Lipinski definition) is 0. The normalized spacial score (nSPS) is 10.2. The number of rotatable bonds is 6. The molecular weight excluding hydrogens is 339 g/mol. The number of Topliss-reactive ketones (excluding diaryl/α,β-unsaturated/α-hetero) is 1. The predicted octanol–water partition coefficient (Wildman–Crippen LogP) is 4.11. The number of benzene rings is 2. The lowest BCUT2D eigenvalue weighted by atomic mass is 10.1. The zero-order valence-electron chi connectivity index (χ0n) is 12.3. The summed E-state index contributed by atoms with van der Waals surface area (Å²) >= 11 is 11.6. The molecule has 2 aromatic rings. The number of ether oxygens (including phenoxy) is 2. The zero-order chi connectivity index (χ0) is 16.8. The maximum atomic E-state index is 11.8. The topological polar surface area (TPSA) is 52.6 Å². The van der Waals surface area contributed by atoms with Crippen molar-refractivity contribution in [3.05, 3.63) is 63.6 Å². The highest BCUT2D eigenvalue weighted by atomic mass is 35.5. The molecule has 0 heterocycles. The summed E-state index contributed by atoms with van der Waals surface area (Å²) in [7, 11) is 0. The lowest BCUT2D eigenvalue weighted by molar-refractivity contribution is -0.144. The molecule has 6 heteroatoms. The van der Waals surface area contributed by atoms with Gasteiger partial charge in [-0.25, -0.2) is 4.79 Å². The molecule has 0 N–H and O–H groups in total. The molecule has 4 nitrogen and oxygen atoms in total. The van der Waals surface area contributed by atoms with Crippen LogP contribution < -0.4 is 4.74 Å². The Morgan fingerprint density at radius 1 is 1.00 bits per heavy atom. The Kier molecular flexibility index (Phi) is 6.02. The van der Waals surface area contributed by atoms with Crippen molar-refractivity contribution in [1.82, 2.24) is 0 Å². The van der Waals surface area contributed by atoms with Gasteiger partial charge in [0.2, 0.25) is 0 Å². The van der Waals surface area contributed by atoms with Crippen LogP contribution in [0.25, 0.3) is 0 Å². The Hall–Kier alpha value is -2.04. The maximum absolute atomic E-state index is 11.8. The van der Waals surface area contributed by atoms with Gasteiger partial charge in [-0.3, -0.25) is 4.79 Å². The van der Waals surface area contributed by atoms with E-state index in [1.165, 1.54) is 0 Å². The third-order valence-electron chi connectivity index (χ3n) is 3.02. The minimum absolute atomic E-state index is 0.283. The number of carbonyl (C=O) groups excluding carboxylic acids is 2. The highest BCUT2D eigenvalue weighted by molar-refractivity contribution is 6.31. The first-order chi connectivity index (χ1) is 11.0. The van der Waals surface area contributed by atoms with Crippen LogP contribution in [-0.2, 0) is 9.53 Å². The van der Waals surface area contributed by atoms with E-state index in [-0.39, 0.29) is 19.0 Å². The van der Waals surface area contributed by atoms with Crippen LogP contribution in [0.1, 0.15) is 15.9 Å². The first kappa shape index (κ1) is 17.3. The van der Waals surface area contributed by atoms with Crippen molar-refractivity contribution in [3.63, 3.8) is 0 Å². The molecule has 0 saturated carbocycles. The molecule has 0 saturated heterocycles. The van der Waals surface area contributed by atoms with E-state index in [4.69, 9.17) is 32.7 Å². The molecule has 0 radical (unpaired) electrons. The third-order valence-corrected chi connectivity index (χ3v) is 3.69. The Morgan fingerprint density at radius 2 is 1.70 bits per heavy atom. The molecule has 0 amide bonds. The molecule has 120 valence electrons. The van der Waals surface area contributed by atoms with Gasteiger partial charge in [0.25, 0.3) is 0 Å². The molecule has 2 rings (SSSR count). The molecule has 0 fully saturated rings. The van der Waals surface area contributed by atoms with Crippen molar-refractivity contribution in [3.8, 4) is 5.75 Å². The SMILES string of the molecule is Cc1cc(OCC(=O)OCC(=O)c2ccc(Cl)cc2)ccc1Cl. The van der Waals surface area contributed by atoms with Crippen LogP contribution in [-0.4, -0.2) is 25.0 Å². The predicted molar refractivity (Wildman–Crippen MR) is 88.4 cm³/mol. The van der Waals surface area contributed by atoms with Crippen molar-refractivity contribution in [2.75, 3.05) is 13.2 Å². The van der Waals surface area contributed by atoms with Crippen LogP contribution in [0.2, 0.25) is 10.0 Å². The van der Waals surface area contributed by atoms with Gasteiger partial charge in [-0.2, -0.15) is 0 Å². The quantitative estimate of drug-likeness (QED) is 0.579. The number of ketones is 1. The van der Waals surface area contributed by atoms with Gasteiger partial charge in [0.15, 0.2) is 19.0 Å². The largest absolute Gasteiger partial charge is 0.482 e. The van der Waals surface area contributed by atoms with Crippen LogP contribution in [0.15, 0.2) is 42.5 Å². The number of aryl methyl sites for hydroxylation is 1. The van der Waals surface area contributed by atoms with Crippen LogP contribution in [0, 0.1) is 6.92 Å². The molecule has 0 aromatic heterocycles. The highest BCUT2D eigenvalue weighted by Crippen LogP contribution is 2.20. The summed E-state index contributed by atoms with van der Waals surface area (Å²) in [4.78, 5) is 23.5. The van der Waals surface area contributed by atoms with E-state index in [0.717, 1.165) is 5.56 Å². The highest BCUT2D eigenvalue weighted by Gasteiger charge is 2.11. The van der Waals surface area contributed by atoms with E-state index in [0.29, 0.717) is 21.4 Å². The van der Waals surface area contributed by atoms with E-state index < -0.39 is 5.97 Å². The van der Waals surface area contributed by atoms with Gasteiger partial charge in [-0.1, -0.05) is 23.2 Å². The Balaban J connectivity index is 1.79. The molecule has 0 aliphatic heterocycles. The second-order valence-electron chi connectivity index (χ2n) is 4.79. The summed E-state index contributed by atoms with van der Waals surface area (Å²) in [5.74, 6) is -0.426. The average molecular weight is 353 g/mol. The summed E-state index contributed by atoms with van der Waals surface area (Å²) < 4.78 is 10.2. The van der Waals surface area contributed by atoms with Gasteiger partial charge in [0, 0.05) is 15.6 Å². The fourth-order valence-electron chi connectivity index (χ4n) is 1.76. The molecule has 0 bridgehead atoms. The molecule has 0 unspecified atom stereocenters. The van der Waals surface area contributed by atoms with Crippen molar-refractivity contribution >= 4 is 35.0 Å². The first-order valence-electron chi connectivity index (χ1n) is 6.79. The van der Waals surface area contributed by atoms with Gasteiger partial charge >= 0.3 is 5.97 Å². The van der Waals surface area contributed by atoms with Gasteiger partial charge in [-0.15, -0.1) is 0 Å². The van der Waals surface area contributed by atoms with Crippen molar-refractivity contribution in [2.45, 2.75) is 6.92 Å². The molecule has 0 aliphatic carbocycles. The smallest absolute Gasteiger partial charge is 0.344 e. The number of halogens is 2. The maximum Gasteiger partial charge on any atom is 0.344 e. The van der Waals surface area contributed by atoms with E-state index in [2.05, 4.69) is 0 Å². The van der Waals surface area contributed by atoms with Gasteiger partial charge in [0.1, 0.15) is 5.75 Å². The number of hydrogen-bond acceptors (Lipinski definition) is 4. The van der Waals surface area contributed by atoms with Gasteiger partial charge in [-0.05, 0) is 55.0 Å². The second-order valence-corrected chi connectivity index (χ2v) is 5.63. The summed E-state index contributed by atoms with van der Waals surface area (Å²) in [6, 6.07) is 11.4. The first-order valence-corrected chi connectivity index (χ1v) is 7.54. The molecule has 23 heavy (non-hydrogen) atoms. The van der Waals surface area contributed by atoms with Gasteiger partial charge < -0.3 is 9.47 Å². The van der Waals surface area contributed by atoms with E-state index in [1.54, 1.807) is 42.5 Å². The monoisotopic (exact) mass is 352 g/mol. The summed E-state index contributed by atoms with van der Waals surface area (Å²) in [6.07, 6.45) is 0. The fraction of sp³-hybridized carbons (Fsp3) is 0.176. The number of esters is 1. The minimum Gasteiger partial charge on any atom is -0.482 e. The molecule has 2 aromatic carbocycles. The van der Waals surface area contributed by atoms with Crippen LogP contribution in [0.3, 0.4) is 0 Å². The number of carbonyl (C=O) groups is 2. The van der Waals surface area contributed by atoms with Crippen LogP contribution >= 0.6 is 23.2 Å². The van der Waals surface area contributed by atoms with Crippen molar-refractivity contribution < 1.29 is 19.1 Å².